The van der Waals surface area contributed by atoms with Crippen molar-refractivity contribution < 1.29 is 9.53 Å². The Labute approximate surface area is 185 Å². The predicted octanol–water partition coefficient (Wildman–Crippen LogP) is 4.82. The summed E-state index contributed by atoms with van der Waals surface area (Å²) >= 11 is 7.51. The fourth-order valence-electron chi connectivity index (χ4n) is 3.47. The lowest BCUT2D eigenvalue weighted by molar-refractivity contribution is 0.0742. The molecule has 1 saturated heterocycles. The number of hydrogen-bond acceptors (Lipinski definition) is 6. The van der Waals surface area contributed by atoms with E-state index in [-0.39, 0.29) is 5.91 Å². The van der Waals surface area contributed by atoms with Crippen LogP contribution in [0.1, 0.15) is 16.1 Å². The molecule has 1 aliphatic rings. The first-order valence-corrected chi connectivity index (χ1v) is 11.0. The van der Waals surface area contributed by atoms with Crippen molar-refractivity contribution in [2.24, 2.45) is 0 Å². The molecule has 1 N–H and O–H groups in total. The zero-order chi connectivity index (χ0) is 21.1. The summed E-state index contributed by atoms with van der Waals surface area (Å²) in [5, 5.41) is 6.46. The number of amides is 1. The molecule has 1 aromatic heterocycles. The van der Waals surface area contributed by atoms with Crippen molar-refractivity contribution >= 4 is 45.4 Å². The number of methoxy groups -OCH3 is 1. The first kappa shape index (κ1) is 20.5. The molecule has 0 radical (unpaired) electrons. The number of nitrogens with one attached hydrogen (secondary N) is 1. The van der Waals surface area contributed by atoms with Crippen molar-refractivity contribution in [3.05, 3.63) is 64.1 Å². The van der Waals surface area contributed by atoms with Crippen molar-refractivity contribution in [1.29, 1.82) is 0 Å². The Bertz CT molecular complexity index is 1050. The first-order chi connectivity index (χ1) is 14.5. The number of halogens is 1. The molecule has 0 unspecified atom stereocenters. The summed E-state index contributed by atoms with van der Waals surface area (Å²) in [7, 11) is 1.63. The molecule has 0 saturated carbocycles. The molecule has 2 heterocycles. The fraction of sp³-hybridized carbons (Fsp3) is 0.273. The van der Waals surface area contributed by atoms with Crippen molar-refractivity contribution in [3.63, 3.8) is 0 Å². The highest BCUT2D eigenvalue weighted by Crippen LogP contribution is 2.30. The van der Waals surface area contributed by atoms with Crippen LogP contribution >= 0.6 is 22.9 Å². The van der Waals surface area contributed by atoms with Crippen molar-refractivity contribution in [2.45, 2.75) is 6.92 Å². The van der Waals surface area contributed by atoms with Gasteiger partial charge >= 0.3 is 0 Å². The highest BCUT2D eigenvalue weighted by atomic mass is 35.5. The maximum atomic E-state index is 12.9. The predicted molar refractivity (Wildman–Crippen MR) is 123 cm³/mol. The fourth-order valence-corrected chi connectivity index (χ4v) is 4.35. The van der Waals surface area contributed by atoms with Crippen LogP contribution in [-0.4, -0.2) is 49.1 Å². The molecule has 156 valence electrons. The minimum Gasteiger partial charge on any atom is -0.495 e. The molecule has 3 aromatic rings. The van der Waals surface area contributed by atoms with Crippen LogP contribution in [0, 0.1) is 6.92 Å². The number of thiazole rings is 1. The number of ether oxygens (including phenoxy) is 1. The normalized spacial score (nSPS) is 14.0. The van der Waals surface area contributed by atoms with Gasteiger partial charge in [0.25, 0.3) is 5.91 Å². The zero-order valence-corrected chi connectivity index (χ0v) is 18.5. The van der Waals surface area contributed by atoms with Gasteiger partial charge in [0.1, 0.15) is 11.4 Å². The highest BCUT2D eigenvalue weighted by Gasteiger charge is 2.24. The third-order valence-corrected chi connectivity index (χ3v) is 6.05. The summed E-state index contributed by atoms with van der Waals surface area (Å²) in [6, 6.07) is 13.7. The van der Waals surface area contributed by atoms with Gasteiger partial charge < -0.3 is 19.9 Å². The molecular formula is C22H23ClN4O2S. The lowest BCUT2D eigenvalue weighted by Crippen LogP contribution is -2.48. The second-order valence-electron chi connectivity index (χ2n) is 7.13. The van der Waals surface area contributed by atoms with Crippen LogP contribution in [0.4, 0.5) is 16.5 Å². The van der Waals surface area contributed by atoms with Gasteiger partial charge in [-0.25, -0.2) is 4.98 Å². The summed E-state index contributed by atoms with van der Waals surface area (Å²) in [6.07, 6.45) is 0. The van der Waals surface area contributed by atoms with Gasteiger partial charge in [-0.1, -0.05) is 23.7 Å². The van der Waals surface area contributed by atoms with Gasteiger partial charge in [0.05, 0.1) is 12.8 Å². The molecule has 1 aliphatic heterocycles. The lowest BCUT2D eigenvalue weighted by Gasteiger charge is -2.35. The molecule has 8 heteroatoms. The van der Waals surface area contributed by atoms with E-state index in [1.165, 1.54) is 11.3 Å². The van der Waals surface area contributed by atoms with Gasteiger partial charge in [-0.3, -0.25) is 4.79 Å². The maximum Gasteiger partial charge on any atom is 0.273 e. The summed E-state index contributed by atoms with van der Waals surface area (Å²) in [5.41, 5.74) is 3.50. The molecule has 0 aliphatic carbocycles. The number of anilines is 3. The number of carbonyl (C=O) groups excluding carboxylic acids is 1. The lowest BCUT2D eigenvalue weighted by atomic mass is 10.2. The topological polar surface area (TPSA) is 57.7 Å². The van der Waals surface area contributed by atoms with E-state index in [1.807, 2.05) is 54.3 Å². The molecule has 6 nitrogen and oxygen atoms in total. The van der Waals surface area contributed by atoms with E-state index in [0.29, 0.717) is 23.9 Å². The number of aryl methyl sites for hydroxylation is 1. The second-order valence-corrected chi connectivity index (χ2v) is 8.42. The molecule has 0 atom stereocenters. The quantitative estimate of drug-likeness (QED) is 0.613. The monoisotopic (exact) mass is 442 g/mol. The number of hydrogen-bond donors (Lipinski definition) is 1. The average Bonchev–Trinajstić information content (AvgIpc) is 3.22. The van der Waals surface area contributed by atoms with Gasteiger partial charge in [-0.05, 0) is 42.8 Å². The second kappa shape index (κ2) is 8.93. The number of piperazine rings is 1. The Morgan fingerprint density at radius 1 is 1.17 bits per heavy atom. The zero-order valence-electron chi connectivity index (χ0n) is 16.9. The largest absolute Gasteiger partial charge is 0.495 e. The summed E-state index contributed by atoms with van der Waals surface area (Å²) in [4.78, 5) is 21.5. The number of nitrogens with zero attached hydrogens (tertiary/aromatic N) is 3. The van der Waals surface area contributed by atoms with E-state index >= 15 is 0 Å². The highest BCUT2D eigenvalue weighted by molar-refractivity contribution is 7.14. The Kier molecular flexibility index (Phi) is 6.11. The minimum atomic E-state index is -0.0405. The third-order valence-electron chi connectivity index (χ3n) is 5.06. The van der Waals surface area contributed by atoms with Crippen LogP contribution in [0.5, 0.6) is 5.75 Å². The van der Waals surface area contributed by atoms with Gasteiger partial charge in [-0.2, -0.15) is 0 Å². The van der Waals surface area contributed by atoms with E-state index in [0.717, 1.165) is 40.8 Å². The third kappa shape index (κ3) is 4.52. The van der Waals surface area contributed by atoms with Crippen LogP contribution in [0.2, 0.25) is 5.02 Å². The summed E-state index contributed by atoms with van der Waals surface area (Å²) in [5.74, 6) is 0.696. The van der Waals surface area contributed by atoms with Crippen LogP contribution in [0.3, 0.4) is 0 Å². The maximum absolute atomic E-state index is 12.9. The molecule has 30 heavy (non-hydrogen) atoms. The number of rotatable bonds is 5. The van der Waals surface area contributed by atoms with E-state index < -0.39 is 0 Å². The Hall–Kier alpha value is -2.77. The van der Waals surface area contributed by atoms with Crippen LogP contribution in [0.25, 0.3) is 0 Å². The average molecular weight is 443 g/mol. The van der Waals surface area contributed by atoms with Gasteiger partial charge in [-0.15, -0.1) is 11.3 Å². The number of aromatic nitrogens is 1. The molecule has 1 fully saturated rings. The van der Waals surface area contributed by atoms with Crippen LogP contribution in [0.15, 0.2) is 47.8 Å². The Morgan fingerprint density at radius 3 is 2.70 bits per heavy atom. The summed E-state index contributed by atoms with van der Waals surface area (Å²) in [6.45, 7) is 4.85. The van der Waals surface area contributed by atoms with Crippen molar-refractivity contribution in [3.8, 4) is 5.75 Å². The van der Waals surface area contributed by atoms with Crippen molar-refractivity contribution in [1.82, 2.24) is 9.88 Å². The van der Waals surface area contributed by atoms with E-state index in [1.54, 1.807) is 12.5 Å². The Balaban J connectivity index is 1.40. The van der Waals surface area contributed by atoms with Gasteiger partial charge in [0, 0.05) is 42.3 Å². The standard InChI is InChI=1S/C22H23ClN4O2S/c1-15-6-7-20(29-2)18(12-15)24-22-25-19(14-30-22)21(28)27-10-8-26(9-11-27)17-5-3-4-16(23)13-17/h3-7,12-14H,8-11H2,1-2H3,(H,24,25). The van der Waals surface area contributed by atoms with Gasteiger partial charge in [0.2, 0.25) is 0 Å². The molecule has 0 spiro atoms. The summed E-state index contributed by atoms with van der Waals surface area (Å²) < 4.78 is 5.40. The molecule has 0 bridgehead atoms. The molecule has 4 rings (SSSR count). The van der Waals surface area contributed by atoms with Crippen LogP contribution < -0.4 is 15.0 Å². The molecule has 1 amide bonds. The SMILES string of the molecule is COc1ccc(C)cc1Nc1nc(C(=O)N2CCN(c3cccc(Cl)c3)CC2)cs1. The van der Waals surface area contributed by atoms with E-state index in [9.17, 15) is 4.79 Å². The smallest absolute Gasteiger partial charge is 0.273 e. The number of carbonyl (C=O) groups is 1. The number of benzene rings is 2. The first-order valence-electron chi connectivity index (χ1n) is 9.70. The van der Waals surface area contributed by atoms with Crippen LogP contribution in [-0.2, 0) is 0 Å². The van der Waals surface area contributed by atoms with E-state index in [2.05, 4.69) is 15.2 Å². The van der Waals surface area contributed by atoms with E-state index in [4.69, 9.17) is 16.3 Å². The molecule has 2 aromatic carbocycles. The van der Waals surface area contributed by atoms with Crippen molar-refractivity contribution in [2.75, 3.05) is 43.5 Å². The molecular weight excluding hydrogens is 420 g/mol. The minimum absolute atomic E-state index is 0.0405. The Morgan fingerprint density at radius 2 is 1.97 bits per heavy atom. The van der Waals surface area contributed by atoms with Gasteiger partial charge in [0.15, 0.2) is 5.13 Å².